The zero-order chi connectivity index (χ0) is 22.2. The second-order valence-corrected chi connectivity index (χ2v) is 15.9. The van der Waals surface area contributed by atoms with Gasteiger partial charge in [0.25, 0.3) is 0 Å². The lowest BCUT2D eigenvalue weighted by Crippen LogP contribution is -2.48. The highest BCUT2D eigenvalue weighted by Crippen LogP contribution is 2.50. The van der Waals surface area contributed by atoms with Gasteiger partial charge in [0.15, 0.2) is 8.32 Å². The molecule has 1 fully saturated rings. The van der Waals surface area contributed by atoms with Gasteiger partial charge < -0.3 is 4.43 Å². The van der Waals surface area contributed by atoms with Crippen molar-refractivity contribution in [3.8, 4) is 0 Å². The van der Waals surface area contributed by atoms with Crippen LogP contribution >= 0.6 is 0 Å². The summed E-state index contributed by atoms with van der Waals surface area (Å²) in [6.45, 7) is 19.1. The molecular formula is C26H39NO2Si. The standard InChI is InChI=1S/C26H39NO2Si/c1-24(2,3)23-19-26(22-17-13-10-14-18-22,29-30(7,8)25(4,5)6)28-27(23)20-21-15-11-9-12-16-21/h9-18,23H,19-20H2,1-8H3/t23-,26+/m1/s1. The lowest BCUT2D eigenvalue weighted by Gasteiger charge is -2.43. The predicted molar refractivity (Wildman–Crippen MR) is 127 cm³/mol. The second-order valence-electron chi connectivity index (χ2n) is 11.2. The Morgan fingerprint density at radius 3 is 1.97 bits per heavy atom. The predicted octanol–water partition coefficient (Wildman–Crippen LogP) is 7.11. The molecule has 2 aromatic rings. The monoisotopic (exact) mass is 425 g/mol. The van der Waals surface area contributed by atoms with Crippen molar-refractivity contribution in [1.29, 1.82) is 0 Å². The second kappa shape index (κ2) is 8.23. The molecule has 2 aromatic carbocycles. The van der Waals surface area contributed by atoms with Gasteiger partial charge in [-0.15, -0.1) is 0 Å². The molecule has 0 saturated carbocycles. The normalized spacial score (nSPS) is 23.7. The summed E-state index contributed by atoms with van der Waals surface area (Å²) in [5, 5.41) is 2.28. The maximum Gasteiger partial charge on any atom is 0.206 e. The van der Waals surface area contributed by atoms with Crippen molar-refractivity contribution in [3.05, 3.63) is 71.8 Å². The third-order valence-corrected chi connectivity index (χ3v) is 11.1. The van der Waals surface area contributed by atoms with Crippen LogP contribution in [0.3, 0.4) is 0 Å². The van der Waals surface area contributed by atoms with Gasteiger partial charge in [-0.2, -0.15) is 5.06 Å². The molecule has 3 nitrogen and oxygen atoms in total. The van der Waals surface area contributed by atoms with E-state index in [-0.39, 0.29) is 16.5 Å². The van der Waals surface area contributed by atoms with E-state index in [1.807, 2.05) is 0 Å². The van der Waals surface area contributed by atoms with Crippen LogP contribution < -0.4 is 0 Å². The molecule has 4 heteroatoms. The molecule has 3 rings (SSSR count). The van der Waals surface area contributed by atoms with Crippen LogP contribution in [0.25, 0.3) is 0 Å². The fourth-order valence-corrected chi connectivity index (χ4v) is 5.21. The van der Waals surface area contributed by atoms with Gasteiger partial charge in [0.05, 0.1) is 0 Å². The molecule has 0 bridgehead atoms. The minimum absolute atomic E-state index is 0.0576. The topological polar surface area (TPSA) is 21.7 Å². The maximum absolute atomic E-state index is 7.11. The zero-order valence-corrected chi connectivity index (χ0v) is 21.0. The van der Waals surface area contributed by atoms with E-state index in [0.29, 0.717) is 0 Å². The van der Waals surface area contributed by atoms with Gasteiger partial charge in [0.1, 0.15) is 0 Å². The molecular weight excluding hydrogens is 386 g/mol. The zero-order valence-electron chi connectivity index (χ0n) is 20.0. The van der Waals surface area contributed by atoms with Crippen LogP contribution in [-0.4, -0.2) is 19.4 Å². The summed E-state index contributed by atoms with van der Waals surface area (Å²) in [4.78, 5) is 6.86. The van der Waals surface area contributed by atoms with E-state index in [1.54, 1.807) is 0 Å². The van der Waals surface area contributed by atoms with Crippen LogP contribution in [0.2, 0.25) is 18.1 Å². The molecule has 0 aromatic heterocycles. The molecule has 1 heterocycles. The van der Waals surface area contributed by atoms with Crippen LogP contribution in [0.15, 0.2) is 60.7 Å². The number of benzene rings is 2. The smallest absolute Gasteiger partial charge is 0.206 e. The summed E-state index contributed by atoms with van der Waals surface area (Å²) in [6, 6.07) is 21.3. The SMILES string of the molecule is CC(C)(C)[C@H]1C[C@](O[Si](C)(C)C(C)(C)C)(c2ccccc2)ON1Cc1ccccc1. The fraction of sp³-hybridized carbons (Fsp3) is 0.538. The first-order valence-electron chi connectivity index (χ1n) is 11.1. The van der Waals surface area contributed by atoms with E-state index in [4.69, 9.17) is 9.26 Å². The Morgan fingerprint density at radius 2 is 1.47 bits per heavy atom. The Bertz CT molecular complexity index is 824. The van der Waals surface area contributed by atoms with Crippen molar-refractivity contribution in [1.82, 2.24) is 5.06 Å². The summed E-state index contributed by atoms with van der Waals surface area (Å²) >= 11 is 0. The van der Waals surface area contributed by atoms with E-state index in [9.17, 15) is 0 Å². The molecule has 1 saturated heterocycles. The molecule has 2 atom stereocenters. The van der Waals surface area contributed by atoms with Gasteiger partial charge in [-0.05, 0) is 29.1 Å². The quantitative estimate of drug-likeness (QED) is 0.476. The summed E-state index contributed by atoms with van der Waals surface area (Å²) in [5.74, 6) is -0.753. The Morgan fingerprint density at radius 1 is 0.933 bits per heavy atom. The third-order valence-electron chi connectivity index (χ3n) is 6.70. The van der Waals surface area contributed by atoms with Crippen molar-refractivity contribution < 1.29 is 9.26 Å². The average Bonchev–Trinajstić information content (AvgIpc) is 3.01. The minimum Gasteiger partial charge on any atom is -0.385 e. The number of hydroxylamine groups is 2. The molecule has 0 N–H and O–H groups in total. The van der Waals surface area contributed by atoms with Crippen LogP contribution in [0, 0.1) is 5.41 Å². The molecule has 1 aliphatic heterocycles. The van der Waals surface area contributed by atoms with Gasteiger partial charge in [-0.1, -0.05) is 102 Å². The van der Waals surface area contributed by atoms with E-state index in [2.05, 4.69) is 120 Å². The van der Waals surface area contributed by atoms with Crippen LogP contribution in [-0.2, 0) is 21.6 Å². The minimum atomic E-state index is -2.09. The van der Waals surface area contributed by atoms with Gasteiger partial charge in [0.2, 0.25) is 5.79 Å². The first-order chi connectivity index (χ1) is 13.8. The van der Waals surface area contributed by atoms with Gasteiger partial charge in [-0.3, -0.25) is 4.84 Å². The molecule has 0 unspecified atom stereocenters. The number of rotatable bonds is 5. The Kier molecular flexibility index (Phi) is 6.37. The Hall–Kier alpha value is -1.46. The molecule has 0 aliphatic carbocycles. The maximum atomic E-state index is 7.11. The highest BCUT2D eigenvalue weighted by molar-refractivity contribution is 6.74. The average molecular weight is 426 g/mol. The van der Waals surface area contributed by atoms with Crippen LogP contribution in [0.4, 0.5) is 0 Å². The van der Waals surface area contributed by atoms with Crippen molar-refractivity contribution in [3.63, 3.8) is 0 Å². The number of nitrogens with zero attached hydrogens (tertiary/aromatic N) is 1. The molecule has 164 valence electrons. The third kappa shape index (κ3) is 4.88. The first-order valence-corrected chi connectivity index (χ1v) is 14.0. The number of hydrogen-bond acceptors (Lipinski definition) is 3. The fourth-order valence-electron chi connectivity index (χ4n) is 3.84. The molecule has 0 amide bonds. The largest absolute Gasteiger partial charge is 0.385 e. The highest BCUT2D eigenvalue weighted by Gasteiger charge is 2.55. The van der Waals surface area contributed by atoms with Gasteiger partial charge in [-0.25, -0.2) is 0 Å². The van der Waals surface area contributed by atoms with Crippen molar-refractivity contribution in [2.45, 2.75) is 84.5 Å². The van der Waals surface area contributed by atoms with Crippen LogP contribution in [0.5, 0.6) is 0 Å². The Balaban J connectivity index is 2.04. The lowest BCUT2D eigenvalue weighted by molar-refractivity contribution is -0.293. The van der Waals surface area contributed by atoms with E-state index in [0.717, 1.165) is 18.5 Å². The Labute approximate surface area is 184 Å². The van der Waals surface area contributed by atoms with Crippen molar-refractivity contribution in [2.75, 3.05) is 0 Å². The first kappa shape index (κ1) is 23.2. The molecule has 1 aliphatic rings. The molecule has 30 heavy (non-hydrogen) atoms. The molecule has 0 spiro atoms. The van der Waals surface area contributed by atoms with Gasteiger partial charge in [0, 0.05) is 24.6 Å². The van der Waals surface area contributed by atoms with E-state index in [1.165, 1.54) is 5.56 Å². The lowest BCUT2D eigenvalue weighted by atomic mass is 9.82. The van der Waals surface area contributed by atoms with E-state index < -0.39 is 14.1 Å². The van der Waals surface area contributed by atoms with Crippen molar-refractivity contribution in [2.24, 2.45) is 5.41 Å². The van der Waals surface area contributed by atoms with Crippen LogP contribution in [0.1, 0.15) is 59.1 Å². The van der Waals surface area contributed by atoms with Gasteiger partial charge >= 0.3 is 0 Å². The van der Waals surface area contributed by atoms with E-state index >= 15 is 0 Å². The summed E-state index contributed by atoms with van der Waals surface area (Å²) in [6.07, 6.45) is 0.819. The number of hydrogen-bond donors (Lipinski definition) is 0. The summed E-state index contributed by atoms with van der Waals surface area (Å²) < 4.78 is 7.11. The van der Waals surface area contributed by atoms with Crippen molar-refractivity contribution >= 4 is 8.32 Å². The summed E-state index contributed by atoms with van der Waals surface area (Å²) in [5.41, 5.74) is 2.42. The molecule has 0 radical (unpaired) electrons. The summed E-state index contributed by atoms with van der Waals surface area (Å²) in [7, 11) is -2.09. The highest BCUT2D eigenvalue weighted by atomic mass is 28.4.